The van der Waals surface area contributed by atoms with Crippen molar-refractivity contribution in [3.63, 3.8) is 0 Å². The van der Waals surface area contributed by atoms with E-state index in [0.717, 1.165) is 10.9 Å². The number of benzene rings is 1. The number of hydrogen-bond donors (Lipinski definition) is 2. The van der Waals surface area contributed by atoms with Crippen LogP contribution in [0.25, 0.3) is 10.9 Å². The second-order valence-electron chi connectivity index (χ2n) is 4.21. The predicted molar refractivity (Wildman–Crippen MR) is 65.8 cm³/mol. The molecular formula is C13H16N2O. The number of aromatic amines is 1. The summed E-state index contributed by atoms with van der Waals surface area (Å²) in [5.41, 5.74) is 2.87. The van der Waals surface area contributed by atoms with E-state index in [2.05, 4.69) is 24.1 Å². The van der Waals surface area contributed by atoms with E-state index in [1.54, 1.807) is 7.05 Å². The van der Waals surface area contributed by atoms with Gasteiger partial charge in [0, 0.05) is 18.6 Å². The minimum atomic E-state index is -0.0530. The Labute approximate surface area is 94.9 Å². The molecule has 2 N–H and O–H groups in total. The first-order chi connectivity index (χ1) is 7.65. The second kappa shape index (κ2) is 4.00. The number of hydrogen-bond acceptors (Lipinski definition) is 1. The number of para-hydroxylation sites is 1. The van der Waals surface area contributed by atoms with E-state index in [1.807, 2.05) is 24.4 Å². The normalized spacial score (nSPS) is 11.0. The summed E-state index contributed by atoms with van der Waals surface area (Å²) in [6.07, 6.45) is 1.99. The molecule has 0 fully saturated rings. The maximum absolute atomic E-state index is 11.7. The Morgan fingerprint density at radius 2 is 2.12 bits per heavy atom. The van der Waals surface area contributed by atoms with Crippen LogP contribution in [0.4, 0.5) is 0 Å². The van der Waals surface area contributed by atoms with Gasteiger partial charge in [0.1, 0.15) is 0 Å². The van der Waals surface area contributed by atoms with Crippen LogP contribution in [0.3, 0.4) is 0 Å². The summed E-state index contributed by atoms with van der Waals surface area (Å²) >= 11 is 0. The molecule has 0 aliphatic carbocycles. The zero-order chi connectivity index (χ0) is 11.7. The van der Waals surface area contributed by atoms with Gasteiger partial charge in [-0.05, 0) is 17.5 Å². The summed E-state index contributed by atoms with van der Waals surface area (Å²) in [6, 6.07) is 5.81. The molecule has 0 spiro atoms. The van der Waals surface area contributed by atoms with Crippen LogP contribution in [-0.2, 0) is 0 Å². The summed E-state index contributed by atoms with van der Waals surface area (Å²) in [5.74, 6) is 0.399. The van der Waals surface area contributed by atoms with Gasteiger partial charge < -0.3 is 10.3 Å². The highest BCUT2D eigenvalue weighted by atomic mass is 16.1. The molecule has 3 nitrogen and oxygen atoms in total. The molecular weight excluding hydrogens is 200 g/mol. The summed E-state index contributed by atoms with van der Waals surface area (Å²) in [5, 5.41) is 3.79. The summed E-state index contributed by atoms with van der Waals surface area (Å²) in [6.45, 7) is 4.30. The molecule has 2 aromatic rings. The quantitative estimate of drug-likeness (QED) is 0.796. The molecule has 1 heterocycles. The lowest BCUT2D eigenvalue weighted by Gasteiger charge is -2.04. The lowest BCUT2D eigenvalue weighted by molar-refractivity contribution is 0.0964. The van der Waals surface area contributed by atoms with Crippen LogP contribution in [0.15, 0.2) is 24.4 Å². The van der Waals surface area contributed by atoms with Crippen molar-refractivity contribution in [2.24, 2.45) is 0 Å². The zero-order valence-electron chi connectivity index (χ0n) is 9.79. The van der Waals surface area contributed by atoms with E-state index in [1.165, 1.54) is 5.56 Å². The molecule has 0 radical (unpaired) electrons. The first kappa shape index (κ1) is 10.7. The van der Waals surface area contributed by atoms with Gasteiger partial charge >= 0.3 is 0 Å². The molecule has 16 heavy (non-hydrogen) atoms. The summed E-state index contributed by atoms with van der Waals surface area (Å²) in [7, 11) is 1.65. The van der Waals surface area contributed by atoms with Crippen molar-refractivity contribution in [2.75, 3.05) is 7.05 Å². The number of fused-ring (bicyclic) bond motifs is 1. The molecule has 0 saturated carbocycles. The topological polar surface area (TPSA) is 44.9 Å². The number of carbonyl (C=O) groups is 1. The Balaban J connectivity index is 2.66. The van der Waals surface area contributed by atoms with E-state index < -0.39 is 0 Å². The lowest BCUT2D eigenvalue weighted by atomic mass is 10.0. The number of rotatable bonds is 2. The van der Waals surface area contributed by atoms with Crippen molar-refractivity contribution in [2.45, 2.75) is 19.8 Å². The third-order valence-electron chi connectivity index (χ3n) is 2.84. The van der Waals surface area contributed by atoms with E-state index in [0.29, 0.717) is 11.5 Å². The minimum absolute atomic E-state index is 0.0530. The van der Waals surface area contributed by atoms with Crippen LogP contribution >= 0.6 is 0 Å². The standard InChI is InChI=1S/C13H16N2O/c1-8(2)11-7-15-12-9(11)5-4-6-10(12)13(16)14-3/h4-8,15H,1-3H3,(H,14,16). The van der Waals surface area contributed by atoms with Crippen molar-refractivity contribution >= 4 is 16.8 Å². The minimum Gasteiger partial charge on any atom is -0.360 e. The molecule has 84 valence electrons. The van der Waals surface area contributed by atoms with Crippen LogP contribution in [-0.4, -0.2) is 17.9 Å². The molecule has 3 heteroatoms. The van der Waals surface area contributed by atoms with Crippen LogP contribution in [0.1, 0.15) is 35.7 Å². The first-order valence-electron chi connectivity index (χ1n) is 5.47. The molecule has 0 saturated heterocycles. The van der Waals surface area contributed by atoms with Gasteiger partial charge in [0.25, 0.3) is 5.91 Å². The fourth-order valence-corrected chi connectivity index (χ4v) is 1.98. The van der Waals surface area contributed by atoms with Gasteiger partial charge in [-0.15, -0.1) is 0 Å². The van der Waals surface area contributed by atoms with Gasteiger partial charge in [-0.3, -0.25) is 4.79 Å². The third-order valence-corrected chi connectivity index (χ3v) is 2.84. The molecule has 0 unspecified atom stereocenters. The van der Waals surface area contributed by atoms with E-state index >= 15 is 0 Å². The summed E-state index contributed by atoms with van der Waals surface area (Å²) in [4.78, 5) is 14.9. The highest BCUT2D eigenvalue weighted by molar-refractivity contribution is 6.06. The molecule has 2 rings (SSSR count). The van der Waals surface area contributed by atoms with Gasteiger partial charge in [0.05, 0.1) is 11.1 Å². The maximum atomic E-state index is 11.7. The van der Waals surface area contributed by atoms with Crippen molar-refractivity contribution in [3.8, 4) is 0 Å². The van der Waals surface area contributed by atoms with Gasteiger partial charge in [0.15, 0.2) is 0 Å². The lowest BCUT2D eigenvalue weighted by Crippen LogP contribution is -2.18. The molecule has 0 bridgehead atoms. The molecule has 1 aromatic heterocycles. The Hall–Kier alpha value is -1.77. The van der Waals surface area contributed by atoms with Gasteiger partial charge in [0.2, 0.25) is 0 Å². The molecule has 0 aliphatic heterocycles. The van der Waals surface area contributed by atoms with Crippen molar-refractivity contribution in [1.29, 1.82) is 0 Å². The smallest absolute Gasteiger partial charge is 0.253 e. The van der Waals surface area contributed by atoms with E-state index in [-0.39, 0.29) is 5.91 Å². The second-order valence-corrected chi connectivity index (χ2v) is 4.21. The Bertz CT molecular complexity index is 526. The fourth-order valence-electron chi connectivity index (χ4n) is 1.98. The SMILES string of the molecule is CNC(=O)c1cccc2c(C(C)C)c[nH]c12. The highest BCUT2D eigenvalue weighted by Gasteiger charge is 2.13. The number of H-pyrrole nitrogens is 1. The van der Waals surface area contributed by atoms with Crippen LogP contribution in [0, 0.1) is 0 Å². The molecule has 1 aromatic carbocycles. The average Bonchev–Trinajstić information content (AvgIpc) is 2.71. The maximum Gasteiger partial charge on any atom is 0.253 e. The van der Waals surface area contributed by atoms with Crippen molar-refractivity contribution in [3.05, 3.63) is 35.5 Å². The average molecular weight is 216 g/mol. The monoisotopic (exact) mass is 216 g/mol. The van der Waals surface area contributed by atoms with Crippen molar-refractivity contribution in [1.82, 2.24) is 10.3 Å². The number of nitrogens with one attached hydrogen (secondary N) is 2. The van der Waals surface area contributed by atoms with Gasteiger partial charge in [-0.1, -0.05) is 26.0 Å². The Morgan fingerprint density at radius 3 is 2.75 bits per heavy atom. The van der Waals surface area contributed by atoms with E-state index in [4.69, 9.17) is 0 Å². The zero-order valence-corrected chi connectivity index (χ0v) is 9.79. The Kier molecular flexibility index (Phi) is 2.69. The fraction of sp³-hybridized carbons (Fsp3) is 0.308. The largest absolute Gasteiger partial charge is 0.360 e. The van der Waals surface area contributed by atoms with Crippen molar-refractivity contribution < 1.29 is 4.79 Å². The summed E-state index contributed by atoms with van der Waals surface area (Å²) < 4.78 is 0. The number of aromatic nitrogens is 1. The first-order valence-corrected chi connectivity index (χ1v) is 5.47. The van der Waals surface area contributed by atoms with Gasteiger partial charge in [-0.2, -0.15) is 0 Å². The molecule has 0 atom stereocenters. The third kappa shape index (κ3) is 1.58. The predicted octanol–water partition coefficient (Wildman–Crippen LogP) is 2.65. The van der Waals surface area contributed by atoms with E-state index in [9.17, 15) is 4.79 Å². The highest BCUT2D eigenvalue weighted by Crippen LogP contribution is 2.27. The van der Waals surface area contributed by atoms with Gasteiger partial charge in [-0.25, -0.2) is 0 Å². The molecule has 1 amide bonds. The Morgan fingerprint density at radius 1 is 1.38 bits per heavy atom. The number of carbonyl (C=O) groups excluding carboxylic acids is 1. The number of amides is 1. The van der Waals surface area contributed by atoms with Crippen LogP contribution < -0.4 is 5.32 Å². The van der Waals surface area contributed by atoms with Crippen LogP contribution in [0.2, 0.25) is 0 Å². The van der Waals surface area contributed by atoms with Crippen LogP contribution in [0.5, 0.6) is 0 Å². The molecule has 0 aliphatic rings.